The molecule has 362 valence electrons. The number of nitrogens with zero attached hydrogens (tertiary/aromatic N) is 10. The summed E-state index contributed by atoms with van der Waals surface area (Å²) in [5, 5.41) is 6.28. The largest absolute Gasteiger partial charge is 0.490 e. The van der Waals surface area contributed by atoms with Gasteiger partial charge in [-0.3, -0.25) is 19.5 Å². The average molecular weight is 981 g/mol. The lowest BCUT2D eigenvalue weighted by Gasteiger charge is -2.37. The van der Waals surface area contributed by atoms with E-state index in [2.05, 4.69) is 90.1 Å². The van der Waals surface area contributed by atoms with Crippen LogP contribution in [0.4, 0.5) is 11.5 Å². The Morgan fingerprint density at radius 1 is 0.735 bits per heavy atom. The number of carbonyl (C=O) groups excluding carboxylic acids is 2. The number of hydrogen-bond donors (Lipinski definition) is 1. The van der Waals surface area contributed by atoms with Crippen LogP contribution in [0.15, 0.2) is 29.8 Å². The minimum absolute atomic E-state index is 0.0525. The summed E-state index contributed by atoms with van der Waals surface area (Å²) in [5.74, 6) is 2.47. The Bertz CT molecular complexity index is 2650. The van der Waals surface area contributed by atoms with Crippen molar-refractivity contribution in [3.8, 4) is 5.75 Å². The highest BCUT2D eigenvalue weighted by Crippen LogP contribution is 2.43. The van der Waals surface area contributed by atoms with Crippen LogP contribution in [0.1, 0.15) is 89.8 Å². The fraction of sp³-hybridized carbons (Fsp3) is 0.588. The molecule has 0 saturated carbocycles. The molecule has 4 aromatic heterocycles. The SMILES string of the molecule is CN(C)C1CCN(C(=O)[C@H]2CCc3c(sc4ncnc(Cl)c34)C2)CC1.CN(C)C1CCN(C(=O)[C@H]2CCc3c(sc4ncnc(Nc5cc6c(cc5OCCN5CCCCC5)CN=C6)c34)C2)CC1. The maximum absolute atomic E-state index is 13.5. The number of aromatic nitrogens is 4. The van der Waals surface area contributed by atoms with Crippen LogP contribution in [0.5, 0.6) is 5.75 Å². The topological polar surface area (TPSA) is 136 Å². The van der Waals surface area contributed by atoms with E-state index >= 15 is 0 Å². The number of piperidine rings is 3. The van der Waals surface area contributed by atoms with E-state index in [1.165, 1.54) is 52.0 Å². The molecule has 14 nitrogen and oxygen atoms in total. The van der Waals surface area contributed by atoms with E-state index in [4.69, 9.17) is 21.3 Å². The first-order chi connectivity index (χ1) is 33.1. The van der Waals surface area contributed by atoms with Gasteiger partial charge in [0, 0.05) is 72.6 Å². The zero-order valence-corrected chi connectivity index (χ0v) is 42.5. The van der Waals surface area contributed by atoms with Crippen molar-refractivity contribution >= 4 is 84.2 Å². The Balaban J connectivity index is 0.000000183. The molecule has 8 heterocycles. The van der Waals surface area contributed by atoms with Gasteiger partial charge in [-0.1, -0.05) is 18.0 Å². The molecule has 0 spiro atoms. The van der Waals surface area contributed by atoms with Crippen molar-refractivity contribution in [2.45, 2.75) is 102 Å². The summed E-state index contributed by atoms with van der Waals surface area (Å²) in [6, 6.07) is 5.46. The molecule has 2 atom stereocenters. The molecule has 2 aliphatic carbocycles. The Morgan fingerprint density at radius 2 is 1.31 bits per heavy atom. The van der Waals surface area contributed by atoms with E-state index in [1.54, 1.807) is 29.0 Å². The van der Waals surface area contributed by atoms with Gasteiger partial charge in [0.15, 0.2) is 0 Å². The minimum Gasteiger partial charge on any atom is -0.490 e. The van der Waals surface area contributed by atoms with Gasteiger partial charge in [-0.2, -0.15) is 0 Å². The number of rotatable bonds is 10. The van der Waals surface area contributed by atoms with Crippen molar-refractivity contribution < 1.29 is 14.3 Å². The van der Waals surface area contributed by atoms with Gasteiger partial charge in [0.05, 0.1) is 23.0 Å². The second-order valence-electron chi connectivity index (χ2n) is 20.1. The number of benzene rings is 1. The maximum Gasteiger partial charge on any atom is 0.226 e. The summed E-state index contributed by atoms with van der Waals surface area (Å²) in [6.07, 6.45) is 18.4. The molecule has 3 saturated heterocycles. The number of thiophene rings is 2. The molecule has 0 bridgehead atoms. The van der Waals surface area contributed by atoms with Gasteiger partial charge >= 0.3 is 0 Å². The van der Waals surface area contributed by atoms with Crippen LogP contribution in [0.2, 0.25) is 5.15 Å². The zero-order valence-electron chi connectivity index (χ0n) is 40.1. The number of ether oxygens (including phenoxy) is 1. The average Bonchev–Trinajstić information content (AvgIpc) is 4.09. The third-order valence-electron chi connectivity index (χ3n) is 15.5. The third-order valence-corrected chi connectivity index (χ3v) is 18.1. The molecule has 2 amide bonds. The van der Waals surface area contributed by atoms with Crippen molar-refractivity contribution in [3.63, 3.8) is 0 Å². The molecule has 3 fully saturated rings. The van der Waals surface area contributed by atoms with Gasteiger partial charge < -0.3 is 29.7 Å². The number of anilines is 2. The highest BCUT2D eigenvalue weighted by atomic mass is 35.5. The number of aryl methyl sites for hydroxylation is 2. The molecule has 0 unspecified atom stereocenters. The zero-order chi connectivity index (χ0) is 46.9. The smallest absolute Gasteiger partial charge is 0.226 e. The molecule has 68 heavy (non-hydrogen) atoms. The second-order valence-corrected chi connectivity index (χ2v) is 22.6. The number of carbonyl (C=O) groups is 2. The van der Waals surface area contributed by atoms with Gasteiger partial charge in [0.1, 0.15) is 45.6 Å². The summed E-state index contributed by atoms with van der Waals surface area (Å²) in [5.41, 5.74) is 5.80. The van der Waals surface area contributed by atoms with Gasteiger partial charge in [0.2, 0.25) is 11.8 Å². The lowest BCUT2D eigenvalue weighted by molar-refractivity contribution is -0.138. The molecule has 4 aliphatic heterocycles. The van der Waals surface area contributed by atoms with E-state index in [9.17, 15) is 9.59 Å². The molecule has 1 aromatic carbocycles. The normalized spacial score (nSPS) is 21.2. The molecule has 17 heteroatoms. The van der Waals surface area contributed by atoms with Gasteiger partial charge in [-0.15, -0.1) is 22.7 Å². The van der Waals surface area contributed by atoms with Crippen LogP contribution >= 0.6 is 34.3 Å². The number of amides is 2. The maximum atomic E-state index is 13.5. The number of nitrogens with one attached hydrogen (secondary N) is 1. The fourth-order valence-corrected chi connectivity index (χ4v) is 14.2. The quantitative estimate of drug-likeness (QED) is 0.137. The Morgan fingerprint density at radius 3 is 1.91 bits per heavy atom. The van der Waals surface area contributed by atoms with E-state index in [0.717, 1.165) is 153 Å². The molecule has 6 aliphatic rings. The van der Waals surface area contributed by atoms with Crippen molar-refractivity contribution in [1.29, 1.82) is 0 Å². The van der Waals surface area contributed by atoms with Crippen LogP contribution in [-0.2, 0) is 41.8 Å². The summed E-state index contributed by atoms with van der Waals surface area (Å²) < 4.78 is 6.42. The first-order valence-electron chi connectivity index (χ1n) is 24.9. The lowest BCUT2D eigenvalue weighted by Crippen LogP contribution is -2.47. The summed E-state index contributed by atoms with van der Waals surface area (Å²) in [4.78, 5) is 64.6. The summed E-state index contributed by atoms with van der Waals surface area (Å²) in [7, 11) is 8.53. The first kappa shape index (κ1) is 47.4. The van der Waals surface area contributed by atoms with E-state index in [0.29, 0.717) is 42.2 Å². The fourth-order valence-electron chi connectivity index (χ4n) is 11.4. The Hall–Kier alpha value is -4.32. The van der Waals surface area contributed by atoms with Crippen molar-refractivity contribution in [2.75, 3.05) is 85.9 Å². The number of halogens is 1. The Labute approximate surface area is 413 Å². The lowest BCUT2D eigenvalue weighted by atomic mass is 9.86. The summed E-state index contributed by atoms with van der Waals surface area (Å²) in [6.45, 7) is 8.12. The molecule has 5 aromatic rings. The minimum atomic E-state index is 0.0525. The van der Waals surface area contributed by atoms with E-state index < -0.39 is 0 Å². The molecular weight excluding hydrogens is 914 g/mol. The van der Waals surface area contributed by atoms with Crippen molar-refractivity contribution in [2.24, 2.45) is 16.8 Å². The highest BCUT2D eigenvalue weighted by molar-refractivity contribution is 7.19. The standard InChI is InChI=1S/C33H43N7O2S.C18H23ClN4OS/c1-38(2)25-8-12-40(13-9-25)33(41)22-6-7-26-29(18-22)43-32-30(26)31(35-21-36-32)37-27-16-23-19-34-20-24(23)17-28(27)42-15-14-39-10-4-3-5-11-39;1-22(2)12-5-7-23(8-6-12)18(24)11-3-4-13-14(9-11)25-17-15(13)16(19)20-10-21-17/h16-17,19,21-22,25H,3-15,18,20H2,1-2H3,(H,35,36,37);10-12H,3-9H2,1-2H3/t22-;11-/m00/s1. The van der Waals surface area contributed by atoms with Crippen LogP contribution < -0.4 is 10.1 Å². The molecule has 11 rings (SSSR count). The van der Waals surface area contributed by atoms with Gasteiger partial charge in [-0.25, -0.2) is 19.9 Å². The monoisotopic (exact) mass is 979 g/mol. The Kier molecular flexibility index (Phi) is 14.6. The van der Waals surface area contributed by atoms with Gasteiger partial charge in [-0.05, 0) is 153 Å². The van der Waals surface area contributed by atoms with E-state index in [1.807, 2.05) is 6.21 Å². The number of aliphatic imine (C=N–C) groups is 1. The number of fused-ring (bicyclic) bond motifs is 7. The van der Waals surface area contributed by atoms with Crippen LogP contribution in [-0.4, -0.2) is 155 Å². The van der Waals surface area contributed by atoms with Crippen molar-refractivity contribution in [3.05, 3.63) is 61.9 Å². The van der Waals surface area contributed by atoms with Crippen LogP contribution in [0.3, 0.4) is 0 Å². The van der Waals surface area contributed by atoms with Crippen LogP contribution in [0.25, 0.3) is 20.4 Å². The second kappa shape index (κ2) is 21.0. The van der Waals surface area contributed by atoms with Crippen LogP contribution in [0, 0.1) is 11.8 Å². The molecule has 1 N–H and O–H groups in total. The number of hydrogen-bond acceptors (Lipinski definition) is 14. The summed E-state index contributed by atoms with van der Waals surface area (Å²) >= 11 is 9.67. The first-order valence-corrected chi connectivity index (χ1v) is 26.9. The number of likely N-dealkylation sites (tertiary alicyclic amines) is 3. The molecule has 0 radical (unpaired) electrons. The highest BCUT2D eigenvalue weighted by Gasteiger charge is 2.35. The third kappa shape index (κ3) is 10.1. The predicted octanol–water partition coefficient (Wildman–Crippen LogP) is 7.89. The van der Waals surface area contributed by atoms with Crippen molar-refractivity contribution in [1.82, 2.24) is 44.4 Å². The van der Waals surface area contributed by atoms with Gasteiger partial charge in [0.25, 0.3) is 0 Å². The van der Waals surface area contributed by atoms with E-state index in [-0.39, 0.29) is 11.8 Å². The predicted molar refractivity (Wildman–Crippen MR) is 274 cm³/mol. The molecular formula is C51H66ClN11O3S2.